The molecule has 0 saturated carbocycles. The number of carbonyl (C=O) groups is 2. The van der Waals surface area contributed by atoms with Crippen LogP contribution < -0.4 is 10.2 Å². The molecule has 2 heterocycles. The zero-order valence-electron chi connectivity index (χ0n) is 20.4. The van der Waals surface area contributed by atoms with Crippen LogP contribution in [0.5, 0.6) is 0 Å². The fourth-order valence-corrected chi connectivity index (χ4v) is 5.08. The van der Waals surface area contributed by atoms with Gasteiger partial charge < -0.3 is 10.2 Å². The number of guanidine groups is 1. The Balaban J connectivity index is 1.47. The second-order valence-corrected chi connectivity index (χ2v) is 10.00. The van der Waals surface area contributed by atoms with E-state index in [0.29, 0.717) is 41.6 Å². The van der Waals surface area contributed by atoms with E-state index in [0.717, 1.165) is 17.7 Å². The number of halogens is 2. The second-order valence-electron chi connectivity index (χ2n) is 9.15. The number of anilines is 2. The Hall–Kier alpha value is -3.39. The van der Waals surface area contributed by atoms with E-state index in [2.05, 4.69) is 46.4 Å². The maximum Gasteiger partial charge on any atom is 0.251 e. The molecule has 9 heteroatoms. The summed E-state index contributed by atoms with van der Waals surface area (Å²) in [4.78, 5) is 36.8. The van der Waals surface area contributed by atoms with Crippen LogP contribution in [-0.4, -0.2) is 47.0 Å². The molecule has 1 saturated heterocycles. The van der Waals surface area contributed by atoms with E-state index >= 15 is 0 Å². The highest BCUT2D eigenvalue weighted by molar-refractivity contribution is 6.36. The van der Waals surface area contributed by atoms with Gasteiger partial charge >= 0.3 is 0 Å². The minimum atomic E-state index is -0.747. The van der Waals surface area contributed by atoms with E-state index in [1.807, 2.05) is 40.1 Å². The lowest BCUT2D eigenvalue weighted by atomic mass is 10.1. The van der Waals surface area contributed by atoms with Crippen LogP contribution in [0.3, 0.4) is 0 Å². The molecular formula is C28H27Cl2N5O2. The Bertz CT molecular complexity index is 1330. The molecule has 2 aliphatic heterocycles. The number of rotatable bonds is 6. The van der Waals surface area contributed by atoms with Gasteiger partial charge in [0.1, 0.15) is 6.04 Å². The molecule has 0 aromatic heterocycles. The van der Waals surface area contributed by atoms with E-state index in [1.165, 1.54) is 5.56 Å². The van der Waals surface area contributed by atoms with Crippen LogP contribution in [-0.2, 0) is 22.6 Å². The van der Waals surface area contributed by atoms with Crippen LogP contribution in [0.15, 0.2) is 77.8 Å². The normalized spacial score (nSPS) is 17.9. The predicted molar refractivity (Wildman–Crippen MR) is 148 cm³/mol. The average molecular weight is 536 g/mol. The van der Waals surface area contributed by atoms with Gasteiger partial charge in [-0.25, -0.2) is 0 Å². The number of nitrogens with one attached hydrogen (secondary N) is 1. The summed E-state index contributed by atoms with van der Waals surface area (Å²) in [6.07, 6.45) is 0.907. The number of aryl methyl sites for hydroxylation is 1. The maximum atomic E-state index is 13.5. The summed E-state index contributed by atoms with van der Waals surface area (Å²) in [5, 5.41) is 3.69. The molecule has 37 heavy (non-hydrogen) atoms. The van der Waals surface area contributed by atoms with Gasteiger partial charge in [-0.1, -0.05) is 72.6 Å². The van der Waals surface area contributed by atoms with Crippen molar-refractivity contribution in [3.63, 3.8) is 0 Å². The molecular weight excluding hydrogens is 509 g/mol. The van der Waals surface area contributed by atoms with Gasteiger partial charge in [0, 0.05) is 17.3 Å². The van der Waals surface area contributed by atoms with Crippen molar-refractivity contribution in [2.45, 2.75) is 32.4 Å². The number of hydrogen-bond acceptors (Lipinski definition) is 5. The highest BCUT2D eigenvalue weighted by atomic mass is 35.5. The second kappa shape index (κ2) is 10.9. The van der Waals surface area contributed by atoms with Crippen LogP contribution in [0, 0.1) is 0 Å². The van der Waals surface area contributed by atoms with E-state index in [1.54, 1.807) is 18.2 Å². The molecule has 0 unspecified atom stereocenters. The number of benzene rings is 3. The van der Waals surface area contributed by atoms with Crippen molar-refractivity contribution in [1.82, 2.24) is 9.80 Å². The number of aliphatic imine (C=N–C) groups is 1. The molecule has 3 aromatic rings. The lowest BCUT2D eigenvalue weighted by molar-refractivity contribution is -0.127. The summed E-state index contributed by atoms with van der Waals surface area (Å²) < 4.78 is 0. The van der Waals surface area contributed by atoms with Gasteiger partial charge in [-0.3, -0.25) is 19.4 Å². The van der Waals surface area contributed by atoms with Crippen molar-refractivity contribution >= 4 is 52.4 Å². The number of amides is 2. The quantitative estimate of drug-likeness (QED) is 0.458. The summed E-state index contributed by atoms with van der Waals surface area (Å²) in [6.45, 7) is 3.76. The van der Waals surface area contributed by atoms with Gasteiger partial charge in [0.25, 0.3) is 5.91 Å². The molecule has 2 aliphatic rings. The van der Waals surface area contributed by atoms with E-state index in [-0.39, 0.29) is 18.2 Å². The van der Waals surface area contributed by atoms with Crippen molar-refractivity contribution in [3.8, 4) is 0 Å². The van der Waals surface area contributed by atoms with Crippen molar-refractivity contribution in [3.05, 3.63) is 94.0 Å². The van der Waals surface area contributed by atoms with E-state index in [9.17, 15) is 9.59 Å². The lowest BCUT2D eigenvalue weighted by Gasteiger charge is -2.48. The van der Waals surface area contributed by atoms with Gasteiger partial charge in [0.05, 0.1) is 30.5 Å². The van der Waals surface area contributed by atoms with Gasteiger partial charge in [0.15, 0.2) is 0 Å². The Kier molecular flexibility index (Phi) is 7.46. The Morgan fingerprint density at radius 3 is 2.46 bits per heavy atom. The van der Waals surface area contributed by atoms with Crippen molar-refractivity contribution in [1.29, 1.82) is 0 Å². The lowest BCUT2D eigenvalue weighted by Crippen LogP contribution is -2.65. The number of nitrogens with zero attached hydrogens (tertiary/aromatic N) is 4. The third-order valence-corrected chi connectivity index (χ3v) is 7.11. The molecule has 0 radical (unpaired) electrons. The number of carbonyl (C=O) groups excluding carboxylic acids is 2. The highest BCUT2D eigenvalue weighted by Gasteiger charge is 2.41. The molecule has 1 fully saturated rings. The third-order valence-electron chi connectivity index (χ3n) is 6.56. The molecule has 0 aliphatic carbocycles. The Labute approximate surface area is 226 Å². The zero-order chi connectivity index (χ0) is 25.9. The molecule has 0 spiro atoms. The first-order valence-corrected chi connectivity index (χ1v) is 12.9. The summed E-state index contributed by atoms with van der Waals surface area (Å²) >= 11 is 12.3. The van der Waals surface area contributed by atoms with Gasteiger partial charge in [-0.2, -0.15) is 4.99 Å². The summed E-state index contributed by atoms with van der Waals surface area (Å²) in [7, 11) is 0. The number of hydrogen-bond donors (Lipinski definition) is 1. The van der Waals surface area contributed by atoms with Gasteiger partial charge in [-0.05, 0) is 47.9 Å². The third kappa shape index (κ3) is 5.64. The standard InChI is InChI=1S/C28H27Cl2N5O2/c1-2-19-8-11-22(12-9-19)34-17-33(16-20-6-4-3-5-7-20)18-35-25(15-26(36)32-28(34)35)27(37)31-24-13-10-21(29)14-23(24)30/h3-14,25H,2,15-18H2,1H3,(H,31,37)/t25-/m0/s1. The largest absolute Gasteiger partial charge is 0.323 e. The van der Waals surface area contributed by atoms with E-state index in [4.69, 9.17) is 23.2 Å². The minimum Gasteiger partial charge on any atom is -0.323 e. The fraction of sp³-hybridized carbons (Fsp3) is 0.250. The van der Waals surface area contributed by atoms with Crippen LogP contribution in [0.4, 0.5) is 11.4 Å². The summed E-state index contributed by atoms with van der Waals surface area (Å²) in [5.74, 6) is -0.180. The molecule has 2 amide bonds. The van der Waals surface area contributed by atoms with Crippen LogP contribution in [0.2, 0.25) is 10.0 Å². The van der Waals surface area contributed by atoms with Crippen molar-refractivity contribution in [2.24, 2.45) is 4.99 Å². The first kappa shape index (κ1) is 25.3. The Morgan fingerprint density at radius 1 is 1.00 bits per heavy atom. The topological polar surface area (TPSA) is 68.2 Å². The van der Waals surface area contributed by atoms with Crippen molar-refractivity contribution < 1.29 is 9.59 Å². The van der Waals surface area contributed by atoms with Crippen LogP contribution >= 0.6 is 23.2 Å². The Morgan fingerprint density at radius 2 is 1.76 bits per heavy atom. The molecule has 0 bridgehead atoms. The molecule has 1 N–H and O–H groups in total. The maximum absolute atomic E-state index is 13.5. The summed E-state index contributed by atoms with van der Waals surface area (Å²) in [6, 6.07) is 22.5. The first-order valence-electron chi connectivity index (χ1n) is 12.2. The van der Waals surface area contributed by atoms with E-state index < -0.39 is 6.04 Å². The molecule has 1 atom stereocenters. The molecule has 190 valence electrons. The SMILES string of the molecule is CCc1ccc(N2CN(Cc3ccccc3)CN3C2=NC(=O)C[C@H]3C(=O)Nc2ccc(Cl)cc2Cl)cc1. The van der Waals surface area contributed by atoms with Crippen molar-refractivity contribution in [2.75, 3.05) is 23.6 Å². The summed E-state index contributed by atoms with van der Waals surface area (Å²) in [5.41, 5.74) is 3.73. The number of fused-ring (bicyclic) bond motifs is 1. The van der Waals surface area contributed by atoms with Gasteiger partial charge in [0.2, 0.25) is 11.9 Å². The fourth-order valence-electron chi connectivity index (χ4n) is 4.63. The molecule has 7 nitrogen and oxygen atoms in total. The van der Waals surface area contributed by atoms with Gasteiger partial charge in [-0.15, -0.1) is 0 Å². The van der Waals surface area contributed by atoms with Crippen LogP contribution in [0.25, 0.3) is 0 Å². The smallest absolute Gasteiger partial charge is 0.251 e. The monoisotopic (exact) mass is 535 g/mol. The molecule has 3 aromatic carbocycles. The van der Waals surface area contributed by atoms with Crippen LogP contribution in [0.1, 0.15) is 24.5 Å². The predicted octanol–water partition coefficient (Wildman–Crippen LogP) is 5.39. The highest BCUT2D eigenvalue weighted by Crippen LogP contribution is 2.29. The minimum absolute atomic E-state index is 0.0255. The average Bonchev–Trinajstić information content (AvgIpc) is 2.90. The molecule has 5 rings (SSSR count). The zero-order valence-corrected chi connectivity index (χ0v) is 21.9. The first-order chi connectivity index (χ1) is 17.9.